The van der Waals surface area contributed by atoms with Crippen LogP contribution < -0.4 is 5.32 Å². The van der Waals surface area contributed by atoms with Gasteiger partial charge in [0.25, 0.3) is 0 Å². The number of hydrogen-bond donors (Lipinski definition) is 2. The molecular weight excluding hydrogens is 206 g/mol. The lowest BCUT2D eigenvalue weighted by molar-refractivity contribution is -0.121. The van der Waals surface area contributed by atoms with Gasteiger partial charge in [-0.1, -0.05) is 13.8 Å². The van der Waals surface area contributed by atoms with Crippen molar-refractivity contribution in [3.8, 4) is 0 Å². The van der Waals surface area contributed by atoms with Gasteiger partial charge in [0.1, 0.15) is 11.9 Å². The van der Waals surface area contributed by atoms with Gasteiger partial charge in [-0.2, -0.15) is 0 Å². The van der Waals surface area contributed by atoms with Crippen molar-refractivity contribution in [2.45, 2.75) is 32.8 Å². The summed E-state index contributed by atoms with van der Waals surface area (Å²) in [5, 5.41) is 12.3. The van der Waals surface area contributed by atoms with Crippen molar-refractivity contribution >= 4 is 5.91 Å². The smallest absolute Gasteiger partial charge is 0.220 e. The lowest BCUT2D eigenvalue weighted by Crippen LogP contribution is -2.28. The van der Waals surface area contributed by atoms with Crippen molar-refractivity contribution in [3.63, 3.8) is 0 Å². The quantitative estimate of drug-likeness (QED) is 0.776. The van der Waals surface area contributed by atoms with Crippen LogP contribution in [0.15, 0.2) is 22.8 Å². The minimum absolute atomic E-state index is 0.0284. The maximum absolute atomic E-state index is 11.4. The summed E-state index contributed by atoms with van der Waals surface area (Å²) in [6.07, 6.45) is 2.10. The van der Waals surface area contributed by atoms with Gasteiger partial charge in [0.15, 0.2) is 0 Å². The zero-order valence-corrected chi connectivity index (χ0v) is 9.77. The van der Waals surface area contributed by atoms with Gasteiger partial charge in [0.05, 0.1) is 12.8 Å². The van der Waals surface area contributed by atoms with E-state index in [1.807, 2.05) is 0 Å². The van der Waals surface area contributed by atoms with Crippen LogP contribution in [0.2, 0.25) is 0 Å². The Morgan fingerprint density at radius 1 is 1.56 bits per heavy atom. The van der Waals surface area contributed by atoms with Crippen LogP contribution in [0.25, 0.3) is 0 Å². The third-order valence-corrected chi connectivity index (χ3v) is 2.31. The topological polar surface area (TPSA) is 62.5 Å². The van der Waals surface area contributed by atoms with E-state index in [0.717, 1.165) is 6.42 Å². The molecule has 0 saturated heterocycles. The molecule has 0 radical (unpaired) electrons. The maximum Gasteiger partial charge on any atom is 0.220 e. The molecule has 1 atom stereocenters. The molecule has 1 aromatic rings. The Kier molecular flexibility index (Phi) is 5.05. The van der Waals surface area contributed by atoms with Crippen molar-refractivity contribution < 1.29 is 14.3 Å². The molecule has 1 aromatic heterocycles. The van der Waals surface area contributed by atoms with E-state index in [-0.39, 0.29) is 12.5 Å². The molecule has 2 N–H and O–H groups in total. The summed E-state index contributed by atoms with van der Waals surface area (Å²) in [6, 6.07) is 3.39. The van der Waals surface area contributed by atoms with E-state index in [1.165, 1.54) is 6.26 Å². The molecule has 0 aliphatic heterocycles. The molecule has 0 aromatic carbocycles. The van der Waals surface area contributed by atoms with Crippen LogP contribution in [-0.4, -0.2) is 17.6 Å². The molecule has 4 heteroatoms. The molecule has 0 bridgehead atoms. The van der Waals surface area contributed by atoms with E-state index in [4.69, 9.17) is 4.42 Å². The fraction of sp³-hybridized carbons (Fsp3) is 0.583. The van der Waals surface area contributed by atoms with E-state index < -0.39 is 6.10 Å². The minimum atomic E-state index is -0.766. The number of rotatable bonds is 6. The first-order valence-corrected chi connectivity index (χ1v) is 5.57. The van der Waals surface area contributed by atoms with Crippen LogP contribution in [0.4, 0.5) is 0 Å². The van der Waals surface area contributed by atoms with Gasteiger partial charge in [-0.15, -0.1) is 0 Å². The highest BCUT2D eigenvalue weighted by molar-refractivity contribution is 5.75. The highest BCUT2D eigenvalue weighted by atomic mass is 16.4. The second kappa shape index (κ2) is 6.33. The van der Waals surface area contributed by atoms with Gasteiger partial charge in [0, 0.05) is 6.42 Å². The summed E-state index contributed by atoms with van der Waals surface area (Å²) in [5.74, 6) is 0.962. The SMILES string of the molecule is CC(C)CCC(=O)NCC(O)c1ccco1. The highest BCUT2D eigenvalue weighted by Crippen LogP contribution is 2.11. The Labute approximate surface area is 95.7 Å². The molecule has 16 heavy (non-hydrogen) atoms. The lowest BCUT2D eigenvalue weighted by Gasteiger charge is -2.10. The fourth-order valence-electron chi connectivity index (χ4n) is 1.30. The minimum Gasteiger partial charge on any atom is -0.467 e. The van der Waals surface area contributed by atoms with E-state index in [2.05, 4.69) is 19.2 Å². The number of nitrogens with one attached hydrogen (secondary N) is 1. The van der Waals surface area contributed by atoms with Crippen LogP contribution in [0.3, 0.4) is 0 Å². The third-order valence-electron chi connectivity index (χ3n) is 2.31. The van der Waals surface area contributed by atoms with Crippen molar-refractivity contribution in [2.75, 3.05) is 6.54 Å². The Morgan fingerprint density at radius 2 is 2.31 bits per heavy atom. The Bertz CT molecular complexity index is 306. The molecule has 1 amide bonds. The molecular formula is C12H19NO3. The molecule has 0 fully saturated rings. The average Bonchev–Trinajstić information content (AvgIpc) is 2.76. The van der Waals surface area contributed by atoms with Crippen molar-refractivity contribution in [2.24, 2.45) is 5.92 Å². The van der Waals surface area contributed by atoms with Gasteiger partial charge >= 0.3 is 0 Å². The van der Waals surface area contributed by atoms with Crippen molar-refractivity contribution in [1.29, 1.82) is 0 Å². The van der Waals surface area contributed by atoms with Gasteiger partial charge in [-0.25, -0.2) is 0 Å². The number of hydrogen-bond acceptors (Lipinski definition) is 3. The van der Waals surface area contributed by atoms with Gasteiger partial charge in [-0.05, 0) is 24.5 Å². The molecule has 0 saturated carbocycles. The normalized spacial score (nSPS) is 12.8. The maximum atomic E-state index is 11.4. The monoisotopic (exact) mass is 225 g/mol. The van der Waals surface area contributed by atoms with E-state index in [1.54, 1.807) is 12.1 Å². The second-order valence-electron chi connectivity index (χ2n) is 4.27. The van der Waals surface area contributed by atoms with Crippen LogP contribution in [0, 0.1) is 5.92 Å². The number of aliphatic hydroxyl groups is 1. The van der Waals surface area contributed by atoms with E-state index >= 15 is 0 Å². The lowest BCUT2D eigenvalue weighted by atomic mass is 10.1. The zero-order chi connectivity index (χ0) is 12.0. The average molecular weight is 225 g/mol. The van der Waals surface area contributed by atoms with Crippen molar-refractivity contribution in [3.05, 3.63) is 24.2 Å². The molecule has 0 aliphatic carbocycles. The predicted molar refractivity (Wildman–Crippen MR) is 60.7 cm³/mol. The summed E-state index contributed by atoms with van der Waals surface area (Å²) in [6.45, 7) is 4.35. The largest absolute Gasteiger partial charge is 0.467 e. The van der Waals surface area contributed by atoms with Gasteiger partial charge in [-0.3, -0.25) is 4.79 Å². The number of carbonyl (C=O) groups is 1. The number of aliphatic hydroxyl groups excluding tert-OH is 1. The summed E-state index contributed by atoms with van der Waals surface area (Å²) in [7, 11) is 0. The molecule has 0 aliphatic rings. The third kappa shape index (κ3) is 4.49. The first-order valence-electron chi connectivity index (χ1n) is 5.57. The summed E-state index contributed by atoms with van der Waals surface area (Å²) < 4.78 is 5.02. The molecule has 4 nitrogen and oxygen atoms in total. The Morgan fingerprint density at radius 3 is 2.88 bits per heavy atom. The molecule has 0 spiro atoms. The first-order chi connectivity index (χ1) is 7.59. The molecule has 1 unspecified atom stereocenters. The zero-order valence-electron chi connectivity index (χ0n) is 9.77. The van der Waals surface area contributed by atoms with Crippen LogP contribution in [0.5, 0.6) is 0 Å². The highest BCUT2D eigenvalue weighted by Gasteiger charge is 2.11. The molecule has 1 rings (SSSR count). The number of carbonyl (C=O) groups excluding carboxylic acids is 1. The van der Waals surface area contributed by atoms with Gasteiger partial charge < -0.3 is 14.8 Å². The Hall–Kier alpha value is -1.29. The molecule has 90 valence electrons. The first kappa shape index (κ1) is 12.8. The van der Waals surface area contributed by atoms with Crippen LogP contribution in [-0.2, 0) is 4.79 Å². The summed E-state index contributed by atoms with van der Waals surface area (Å²) >= 11 is 0. The predicted octanol–water partition coefficient (Wildman–Crippen LogP) is 1.87. The van der Waals surface area contributed by atoms with Gasteiger partial charge in [0.2, 0.25) is 5.91 Å². The van der Waals surface area contributed by atoms with Crippen LogP contribution >= 0.6 is 0 Å². The second-order valence-corrected chi connectivity index (χ2v) is 4.27. The molecule has 1 heterocycles. The number of amides is 1. The standard InChI is InChI=1S/C12H19NO3/c1-9(2)5-6-12(15)13-8-10(14)11-4-3-7-16-11/h3-4,7,9-10,14H,5-6,8H2,1-2H3,(H,13,15). The van der Waals surface area contributed by atoms with Crippen molar-refractivity contribution in [1.82, 2.24) is 5.32 Å². The van der Waals surface area contributed by atoms with Crippen LogP contribution in [0.1, 0.15) is 38.6 Å². The van der Waals surface area contributed by atoms with E-state index in [0.29, 0.717) is 18.1 Å². The summed E-state index contributed by atoms with van der Waals surface area (Å²) in [4.78, 5) is 11.4. The van der Waals surface area contributed by atoms with E-state index in [9.17, 15) is 9.90 Å². The summed E-state index contributed by atoms with van der Waals surface area (Å²) in [5.41, 5.74) is 0. The fourth-order valence-corrected chi connectivity index (χ4v) is 1.30. The number of furan rings is 1. The Balaban J connectivity index is 2.21.